The Bertz CT molecular complexity index is 1080. The third-order valence-corrected chi connectivity index (χ3v) is 4.98. The number of rotatable bonds is 2. The van der Waals surface area contributed by atoms with E-state index in [2.05, 4.69) is 34.5 Å². The first-order valence-electron chi connectivity index (χ1n) is 8.27. The second-order valence-electron chi connectivity index (χ2n) is 6.29. The molecule has 118 valence electrons. The molecule has 0 atom stereocenters. The van der Waals surface area contributed by atoms with E-state index in [1.807, 2.05) is 18.3 Å². The first-order valence-corrected chi connectivity index (χ1v) is 8.27. The van der Waals surface area contributed by atoms with E-state index in [0.717, 1.165) is 40.9 Å². The van der Waals surface area contributed by atoms with Crippen LogP contribution in [0.25, 0.3) is 33.1 Å². The van der Waals surface area contributed by atoms with E-state index in [0.29, 0.717) is 0 Å². The van der Waals surface area contributed by atoms with E-state index in [4.69, 9.17) is 9.72 Å². The molecule has 2 aromatic carbocycles. The van der Waals surface area contributed by atoms with E-state index in [1.165, 1.54) is 28.3 Å². The number of aryl methyl sites for hydroxylation is 1. The molecule has 1 aliphatic carbocycles. The molecule has 0 aliphatic heterocycles. The summed E-state index contributed by atoms with van der Waals surface area (Å²) in [7, 11) is 1.70. The number of ether oxygens (including phenoxy) is 1. The molecule has 1 N–H and O–H groups in total. The van der Waals surface area contributed by atoms with Crippen LogP contribution >= 0.6 is 0 Å². The van der Waals surface area contributed by atoms with Gasteiger partial charge < -0.3 is 4.74 Å². The van der Waals surface area contributed by atoms with Crippen molar-refractivity contribution in [2.24, 2.45) is 0 Å². The summed E-state index contributed by atoms with van der Waals surface area (Å²) >= 11 is 0. The zero-order valence-electron chi connectivity index (χ0n) is 13.5. The lowest BCUT2D eigenvalue weighted by molar-refractivity contribution is 0.415. The minimum Gasteiger partial charge on any atom is -0.497 e. The zero-order valence-corrected chi connectivity index (χ0v) is 13.5. The smallest absolute Gasteiger partial charge is 0.119 e. The third kappa shape index (κ3) is 1.86. The van der Waals surface area contributed by atoms with Gasteiger partial charge in [-0.3, -0.25) is 5.10 Å². The Labute approximate surface area is 139 Å². The summed E-state index contributed by atoms with van der Waals surface area (Å²) < 4.78 is 5.39. The van der Waals surface area contributed by atoms with Crippen LogP contribution < -0.4 is 4.74 Å². The molecule has 24 heavy (non-hydrogen) atoms. The highest BCUT2D eigenvalue weighted by molar-refractivity contribution is 6.07. The quantitative estimate of drug-likeness (QED) is 0.601. The van der Waals surface area contributed by atoms with Gasteiger partial charge in [0.15, 0.2) is 0 Å². The monoisotopic (exact) mass is 315 g/mol. The Hall–Kier alpha value is -2.88. The number of pyridine rings is 1. The predicted octanol–water partition coefficient (Wildman–Crippen LogP) is 4.28. The van der Waals surface area contributed by atoms with Crippen LogP contribution in [0.15, 0.2) is 42.6 Å². The number of hydrogen-bond acceptors (Lipinski definition) is 3. The zero-order chi connectivity index (χ0) is 16.1. The lowest BCUT2D eigenvalue weighted by Gasteiger charge is -2.13. The second-order valence-corrected chi connectivity index (χ2v) is 6.29. The molecule has 0 bridgehead atoms. The van der Waals surface area contributed by atoms with Gasteiger partial charge in [0.2, 0.25) is 0 Å². The molecule has 5 rings (SSSR count). The summed E-state index contributed by atoms with van der Waals surface area (Å²) in [4.78, 5) is 5.02. The fourth-order valence-electron chi connectivity index (χ4n) is 3.89. The first-order chi connectivity index (χ1) is 11.8. The third-order valence-electron chi connectivity index (χ3n) is 4.98. The normalized spacial score (nSPS) is 13.5. The van der Waals surface area contributed by atoms with Crippen molar-refractivity contribution < 1.29 is 4.74 Å². The van der Waals surface area contributed by atoms with E-state index in [9.17, 15) is 0 Å². The van der Waals surface area contributed by atoms with Crippen LogP contribution in [-0.2, 0) is 12.8 Å². The summed E-state index contributed by atoms with van der Waals surface area (Å²) in [5, 5.41) is 9.72. The number of aromatic amines is 1. The maximum absolute atomic E-state index is 5.39. The topological polar surface area (TPSA) is 50.8 Å². The van der Waals surface area contributed by atoms with Gasteiger partial charge in [0, 0.05) is 16.3 Å². The van der Waals surface area contributed by atoms with Crippen molar-refractivity contribution in [1.29, 1.82) is 0 Å². The number of nitrogens with zero attached hydrogens (tertiary/aromatic N) is 2. The molecule has 0 unspecified atom stereocenters. The van der Waals surface area contributed by atoms with E-state index in [-0.39, 0.29) is 0 Å². The maximum Gasteiger partial charge on any atom is 0.119 e. The van der Waals surface area contributed by atoms with Gasteiger partial charge >= 0.3 is 0 Å². The van der Waals surface area contributed by atoms with Gasteiger partial charge in [0.05, 0.1) is 30.0 Å². The summed E-state index contributed by atoms with van der Waals surface area (Å²) in [5.74, 6) is 0.867. The number of benzene rings is 2. The maximum atomic E-state index is 5.39. The molecule has 4 aromatic rings. The molecule has 1 aliphatic rings. The highest BCUT2D eigenvalue weighted by Gasteiger charge is 2.22. The highest BCUT2D eigenvalue weighted by atomic mass is 16.5. The number of aromatic nitrogens is 3. The van der Waals surface area contributed by atoms with Crippen molar-refractivity contribution in [3.63, 3.8) is 0 Å². The summed E-state index contributed by atoms with van der Waals surface area (Å²) in [5.41, 5.74) is 7.16. The first kappa shape index (κ1) is 13.5. The number of fused-ring (bicyclic) bond motifs is 5. The summed E-state index contributed by atoms with van der Waals surface area (Å²) in [6.07, 6.45) is 5.29. The minimum atomic E-state index is 0.867. The minimum absolute atomic E-state index is 0.867. The molecule has 0 saturated carbocycles. The molecule has 0 spiro atoms. The van der Waals surface area contributed by atoms with Gasteiger partial charge in [-0.25, -0.2) is 4.98 Å². The van der Waals surface area contributed by atoms with Crippen LogP contribution in [0.5, 0.6) is 5.75 Å². The molecule has 0 amide bonds. The van der Waals surface area contributed by atoms with Crippen LogP contribution in [-0.4, -0.2) is 22.3 Å². The average Bonchev–Trinajstić information content (AvgIpc) is 3.29. The van der Waals surface area contributed by atoms with E-state index >= 15 is 0 Å². The van der Waals surface area contributed by atoms with Gasteiger partial charge in [-0.2, -0.15) is 5.10 Å². The van der Waals surface area contributed by atoms with Crippen molar-refractivity contribution in [3.8, 4) is 17.0 Å². The molecule has 2 aromatic heterocycles. The van der Waals surface area contributed by atoms with Crippen molar-refractivity contribution in [1.82, 2.24) is 15.2 Å². The molecular weight excluding hydrogens is 298 g/mol. The van der Waals surface area contributed by atoms with Gasteiger partial charge in [0.1, 0.15) is 5.75 Å². The van der Waals surface area contributed by atoms with Crippen molar-refractivity contribution in [3.05, 3.63) is 53.7 Å². The lowest BCUT2D eigenvalue weighted by Crippen LogP contribution is -1.96. The average molecular weight is 315 g/mol. The Balaban J connectivity index is 1.86. The molecular formula is C20H17N3O. The fourth-order valence-corrected chi connectivity index (χ4v) is 3.89. The van der Waals surface area contributed by atoms with Crippen molar-refractivity contribution >= 4 is 21.8 Å². The van der Waals surface area contributed by atoms with Crippen molar-refractivity contribution in [2.45, 2.75) is 19.3 Å². The van der Waals surface area contributed by atoms with Crippen LogP contribution in [0.4, 0.5) is 0 Å². The number of hydrogen-bond donors (Lipinski definition) is 1. The highest BCUT2D eigenvalue weighted by Crippen LogP contribution is 2.39. The Morgan fingerprint density at radius 3 is 2.92 bits per heavy atom. The predicted molar refractivity (Wildman–Crippen MR) is 95.4 cm³/mol. The summed E-state index contributed by atoms with van der Waals surface area (Å²) in [6.45, 7) is 0. The molecule has 2 heterocycles. The van der Waals surface area contributed by atoms with E-state index in [1.54, 1.807) is 7.11 Å². The van der Waals surface area contributed by atoms with Crippen LogP contribution in [0.3, 0.4) is 0 Å². The Kier molecular flexibility index (Phi) is 2.86. The largest absolute Gasteiger partial charge is 0.497 e. The fraction of sp³-hybridized carbons (Fsp3) is 0.200. The second kappa shape index (κ2) is 5.06. The Morgan fingerprint density at radius 1 is 1.08 bits per heavy atom. The summed E-state index contributed by atoms with van der Waals surface area (Å²) in [6, 6.07) is 12.3. The molecule has 4 heteroatoms. The van der Waals surface area contributed by atoms with Crippen LogP contribution in [0.2, 0.25) is 0 Å². The van der Waals surface area contributed by atoms with Gasteiger partial charge in [-0.1, -0.05) is 12.1 Å². The van der Waals surface area contributed by atoms with Gasteiger partial charge in [-0.15, -0.1) is 0 Å². The van der Waals surface area contributed by atoms with E-state index < -0.39 is 0 Å². The number of H-pyrrole nitrogens is 1. The molecule has 0 fully saturated rings. The van der Waals surface area contributed by atoms with Crippen LogP contribution in [0.1, 0.15) is 17.5 Å². The molecule has 0 radical (unpaired) electrons. The SMILES string of the molecule is COc1cccc(-c2nc3ccc4[nH]ncc4c3c3c2CCC3)c1. The van der Waals surface area contributed by atoms with Gasteiger partial charge in [0.25, 0.3) is 0 Å². The number of methoxy groups -OCH3 is 1. The standard InChI is InChI=1S/C20H17N3O/c1-24-13-5-2-4-12(10-13)20-15-7-3-6-14(15)19-16-11-21-23-17(16)8-9-18(19)22-20/h2,4-5,8-11H,3,6-7H2,1H3,(H,21,23). The number of nitrogens with one attached hydrogen (secondary N) is 1. The Morgan fingerprint density at radius 2 is 2.00 bits per heavy atom. The van der Waals surface area contributed by atoms with Gasteiger partial charge in [-0.05, 0) is 54.7 Å². The molecule has 0 saturated heterocycles. The van der Waals surface area contributed by atoms with Crippen molar-refractivity contribution in [2.75, 3.05) is 7.11 Å². The molecule has 4 nitrogen and oxygen atoms in total. The lowest BCUT2D eigenvalue weighted by atomic mass is 9.97. The van der Waals surface area contributed by atoms with Crippen LogP contribution in [0, 0.1) is 0 Å².